The molecule has 1 N–H and O–H groups in total. The largest absolute Gasteiger partial charge is 0.305 e. The van der Waals surface area contributed by atoms with E-state index in [0.29, 0.717) is 5.56 Å². The maximum atomic E-state index is 14.1. The molecule has 2 aromatic rings. The van der Waals surface area contributed by atoms with Crippen LogP contribution in [0, 0.1) is 5.82 Å². The molecule has 1 aromatic carbocycles. The van der Waals surface area contributed by atoms with Crippen molar-refractivity contribution in [2.75, 3.05) is 6.54 Å². The topological polar surface area (TPSA) is 37.8 Å². The molecular formula is C15H20FN3S. The molecule has 108 valence electrons. The number of hydrogen-bond donors (Lipinski definition) is 1. The zero-order chi connectivity index (χ0) is 14.5. The van der Waals surface area contributed by atoms with E-state index in [0.717, 1.165) is 23.5 Å². The summed E-state index contributed by atoms with van der Waals surface area (Å²) in [6.07, 6.45) is 0.994. The predicted octanol–water partition coefficient (Wildman–Crippen LogP) is 3.89. The molecule has 0 radical (unpaired) electrons. The third kappa shape index (κ3) is 3.22. The molecule has 0 aliphatic rings. The highest BCUT2D eigenvalue weighted by Gasteiger charge is 2.24. The minimum atomic E-state index is -0.191. The molecule has 5 heteroatoms. The fourth-order valence-electron chi connectivity index (χ4n) is 2.15. The van der Waals surface area contributed by atoms with E-state index < -0.39 is 0 Å². The Bertz CT molecular complexity index is 554. The zero-order valence-electron chi connectivity index (χ0n) is 12.1. The van der Waals surface area contributed by atoms with Gasteiger partial charge in [-0.1, -0.05) is 43.5 Å². The van der Waals surface area contributed by atoms with E-state index in [-0.39, 0.29) is 17.8 Å². The average Bonchev–Trinajstić information content (AvgIpc) is 2.90. The Morgan fingerprint density at radius 2 is 2.05 bits per heavy atom. The Balaban J connectivity index is 2.42. The molecule has 1 heterocycles. The molecule has 0 fully saturated rings. The van der Waals surface area contributed by atoms with Gasteiger partial charge in [0.25, 0.3) is 0 Å². The fraction of sp³-hybridized carbons (Fsp3) is 0.467. The first-order valence-electron chi connectivity index (χ1n) is 6.95. The van der Waals surface area contributed by atoms with Crippen molar-refractivity contribution < 1.29 is 4.39 Å². The van der Waals surface area contributed by atoms with Gasteiger partial charge in [0.2, 0.25) is 0 Å². The fourth-order valence-corrected chi connectivity index (χ4v) is 3.05. The second-order valence-corrected chi connectivity index (χ2v) is 5.87. The van der Waals surface area contributed by atoms with E-state index in [4.69, 9.17) is 0 Å². The van der Waals surface area contributed by atoms with Gasteiger partial charge in [-0.05, 0) is 36.5 Å². The number of aromatic nitrogens is 2. The zero-order valence-corrected chi connectivity index (χ0v) is 12.9. The van der Waals surface area contributed by atoms with E-state index in [1.807, 2.05) is 12.1 Å². The van der Waals surface area contributed by atoms with Crippen LogP contribution in [-0.2, 0) is 0 Å². The molecule has 1 unspecified atom stereocenters. The van der Waals surface area contributed by atoms with E-state index in [9.17, 15) is 4.39 Å². The van der Waals surface area contributed by atoms with Gasteiger partial charge in [0.1, 0.15) is 5.82 Å². The second-order valence-electron chi connectivity index (χ2n) is 5.09. The van der Waals surface area contributed by atoms with Crippen molar-refractivity contribution in [2.45, 2.75) is 39.2 Å². The van der Waals surface area contributed by atoms with Crippen LogP contribution in [0.1, 0.15) is 55.3 Å². The molecule has 0 saturated heterocycles. The molecular weight excluding hydrogens is 273 g/mol. The first kappa shape index (κ1) is 15.1. The van der Waals surface area contributed by atoms with E-state index >= 15 is 0 Å². The van der Waals surface area contributed by atoms with Crippen LogP contribution in [0.3, 0.4) is 0 Å². The highest BCUT2D eigenvalue weighted by atomic mass is 32.1. The maximum absolute atomic E-state index is 14.1. The van der Waals surface area contributed by atoms with Gasteiger partial charge in [-0.15, -0.1) is 5.10 Å². The van der Waals surface area contributed by atoms with Crippen LogP contribution in [0.25, 0.3) is 0 Å². The number of benzene rings is 1. The van der Waals surface area contributed by atoms with Crippen molar-refractivity contribution in [2.24, 2.45) is 0 Å². The van der Waals surface area contributed by atoms with Gasteiger partial charge in [0.15, 0.2) is 0 Å². The molecule has 2 rings (SSSR count). The van der Waals surface area contributed by atoms with Crippen LogP contribution < -0.4 is 5.32 Å². The first-order valence-corrected chi connectivity index (χ1v) is 7.72. The number of rotatable bonds is 6. The number of hydrogen-bond acceptors (Lipinski definition) is 4. The molecule has 1 atom stereocenters. The Kier molecular flexibility index (Phi) is 5.20. The first-order chi connectivity index (χ1) is 9.65. The summed E-state index contributed by atoms with van der Waals surface area (Å²) in [6.45, 7) is 7.09. The molecule has 0 bridgehead atoms. The lowest BCUT2D eigenvalue weighted by Crippen LogP contribution is -2.24. The van der Waals surface area contributed by atoms with Crippen molar-refractivity contribution in [3.05, 3.63) is 46.2 Å². The number of nitrogens with zero attached hydrogens (tertiary/aromatic N) is 2. The Hall–Kier alpha value is -1.33. The minimum Gasteiger partial charge on any atom is -0.305 e. The highest BCUT2D eigenvalue weighted by molar-refractivity contribution is 7.05. The SMILES string of the molecule is CCCNC(c1ccccc1F)c1snnc1C(C)C. The Labute approximate surface area is 123 Å². The number of halogens is 1. The van der Waals surface area contributed by atoms with Crippen LogP contribution in [-0.4, -0.2) is 16.1 Å². The molecule has 0 saturated carbocycles. The Morgan fingerprint density at radius 3 is 2.70 bits per heavy atom. The van der Waals surface area contributed by atoms with Crippen molar-refractivity contribution >= 4 is 11.5 Å². The van der Waals surface area contributed by atoms with Crippen LogP contribution >= 0.6 is 11.5 Å². The smallest absolute Gasteiger partial charge is 0.128 e. The molecule has 1 aromatic heterocycles. The van der Waals surface area contributed by atoms with Gasteiger partial charge in [-0.25, -0.2) is 4.39 Å². The third-order valence-electron chi connectivity index (χ3n) is 3.16. The maximum Gasteiger partial charge on any atom is 0.128 e. The van der Waals surface area contributed by atoms with E-state index in [2.05, 4.69) is 35.7 Å². The lowest BCUT2D eigenvalue weighted by Gasteiger charge is -2.19. The lowest BCUT2D eigenvalue weighted by molar-refractivity contribution is 0.546. The summed E-state index contributed by atoms with van der Waals surface area (Å²) in [6, 6.07) is 6.73. The molecule has 0 aliphatic heterocycles. The minimum absolute atomic E-state index is 0.173. The normalized spacial score (nSPS) is 12.8. The van der Waals surface area contributed by atoms with Crippen molar-refractivity contribution in [1.82, 2.24) is 14.9 Å². The third-order valence-corrected chi connectivity index (χ3v) is 3.97. The average molecular weight is 293 g/mol. The van der Waals surface area contributed by atoms with Crippen LogP contribution in [0.5, 0.6) is 0 Å². The summed E-state index contributed by atoms with van der Waals surface area (Å²) in [5.41, 5.74) is 1.61. The predicted molar refractivity (Wildman–Crippen MR) is 80.5 cm³/mol. The summed E-state index contributed by atoms with van der Waals surface area (Å²) in [5, 5.41) is 7.62. The van der Waals surface area contributed by atoms with Gasteiger partial charge >= 0.3 is 0 Å². The molecule has 20 heavy (non-hydrogen) atoms. The van der Waals surface area contributed by atoms with E-state index in [1.165, 1.54) is 17.6 Å². The number of nitrogens with one attached hydrogen (secondary N) is 1. The summed E-state index contributed by atoms with van der Waals surface area (Å²) in [5.74, 6) is 0.0886. The van der Waals surface area contributed by atoms with Crippen LogP contribution in [0.2, 0.25) is 0 Å². The lowest BCUT2D eigenvalue weighted by atomic mass is 9.99. The molecule has 3 nitrogen and oxygen atoms in total. The summed E-state index contributed by atoms with van der Waals surface area (Å²) in [4.78, 5) is 1.01. The summed E-state index contributed by atoms with van der Waals surface area (Å²) >= 11 is 1.35. The monoisotopic (exact) mass is 293 g/mol. The quantitative estimate of drug-likeness (QED) is 0.878. The van der Waals surface area contributed by atoms with Crippen molar-refractivity contribution in [3.63, 3.8) is 0 Å². The molecule has 0 amide bonds. The summed E-state index contributed by atoms with van der Waals surface area (Å²) < 4.78 is 18.2. The standard InChI is InChI=1S/C15H20FN3S/c1-4-9-17-14(11-7-5-6-8-12(11)16)15-13(10(2)3)18-19-20-15/h5-8,10,14,17H,4,9H2,1-3H3. The van der Waals surface area contributed by atoms with Gasteiger partial charge < -0.3 is 5.32 Å². The Morgan fingerprint density at radius 1 is 1.30 bits per heavy atom. The molecule has 0 aliphatic carbocycles. The van der Waals surface area contributed by atoms with Crippen molar-refractivity contribution in [1.29, 1.82) is 0 Å². The second kappa shape index (κ2) is 6.90. The van der Waals surface area contributed by atoms with Crippen LogP contribution in [0.4, 0.5) is 4.39 Å². The van der Waals surface area contributed by atoms with Gasteiger partial charge in [-0.2, -0.15) is 0 Å². The molecule has 0 spiro atoms. The van der Waals surface area contributed by atoms with Gasteiger partial charge in [-0.3, -0.25) is 0 Å². The van der Waals surface area contributed by atoms with Crippen molar-refractivity contribution in [3.8, 4) is 0 Å². The van der Waals surface area contributed by atoms with Crippen LogP contribution in [0.15, 0.2) is 24.3 Å². The van der Waals surface area contributed by atoms with Gasteiger partial charge in [0.05, 0.1) is 16.6 Å². The van der Waals surface area contributed by atoms with Gasteiger partial charge in [0, 0.05) is 5.56 Å². The highest BCUT2D eigenvalue weighted by Crippen LogP contribution is 2.31. The summed E-state index contributed by atoms with van der Waals surface area (Å²) in [7, 11) is 0. The van der Waals surface area contributed by atoms with E-state index in [1.54, 1.807) is 6.07 Å².